The zero-order valence-corrected chi connectivity index (χ0v) is 13.1. The first-order valence-corrected chi connectivity index (χ1v) is 7.05. The lowest BCUT2D eigenvalue weighted by atomic mass is 9.90. The number of methoxy groups -OCH3 is 1. The van der Waals surface area contributed by atoms with E-state index < -0.39 is 46.3 Å². The molecular weight excluding hydrogens is 326 g/mol. The Labute approximate surface area is 136 Å². The number of ether oxygens (including phenoxy) is 1. The molecule has 1 aromatic carbocycles. The highest BCUT2D eigenvalue weighted by Gasteiger charge is 2.42. The number of carboxylic acid groups (broad SMARTS) is 1. The van der Waals surface area contributed by atoms with Gasteiger partial charge in [0.25, 0.3) is 0 Å². The summed E-state index contributed by atoms with van der Waals surface area (Å²) in [5, 5.41) is 11.4. The molecule has 2 amide bonds. The number of nitrogens with one attached hydrogen (secondary N) is 1. The molecule has 1 heterocycles. The van der Waals surface area contributed by atoms with E-state index in [1.54, 1.807) is 0 Å². The van der Waals surface area contributed by atoms with Crippen molar-refractivity contribution in [2.45, 2.75) is 13.3 Å². The molecule has 1 aliphatic heterocycles. The van der Waals surface area contributed by atoms with Crippen molar-refractivity contribution in [3.05, 3.63) is 29.3 Å². The first-order chi connectivity index (χ1) is 11.2. The predicted molar refractivity (Wildman–Crippen MR) is 78.6 cm³/mol. The minimum Gasteiger partial charge on any atom is -0.481 e. The van der Waals surface area contributed by atoms with E-state index in [0.717, 1.165) is 19.2 Å². The average molecular weight is 342 g/mol. The smallest absolute Gasteiger partial charge is 0.343 e. The molecule has 9 heteroatoms. The number of carboxylic acids is 1. The fourth-order valence-corrected chi connectivity index (χ4v) is 2.44. The number of likely N-dealkylation sites (tertiary alicyclic amines) is 1. The normalized spacial score (nSPS) is 19.9. The van der Waals surface area contributed by atoms with Crippen molar-refractivity contribution < 1.29 is 33.0 Å². The van der Waals surface area contributed by atoms with Crippen molar-refractivity contribution in [1.82, 2.24) is 4.90 Å². The van der Waals surface area contributed by atoms with Gasteiger partial charge in [-0.05, 0) is 25.5 Å². The molecule has 1 fully saturated rings. The molecule has 0 aliphatic carbocycles. The summed E-state index contributed by atoms with van der Waals surface area (Å²) >= 11 is 0. The Morgan fingerprint density at radius 2 is 2.00 bits per heavy atom. The zero-order valence-electron chi connectivity index (χ0n) is 13.1. The van der Waals surface area contributed by atoms with Crippen LogP contribution in [0, 0.1) is 17.0 Å². The Hall–Kier alpha value is -2.71. The summed E-state index contributed by atoms with van der Waals surface area (Å²) in [7, 11) is 0.976. The number of esters is 1. The molecule has 0 aromatic heterocycles. The number of carbonyl (C=O) groups excluding carboxylic acids is 2. The van der Waals surface area contributed by atoms with Gasteiger partial charge in [0.1, 0.15) is 11.4 Å². The summed E-state index contributed by atoms with van der Waals surface area (Å²) < 4.78 is 32.1. The number of benzene rings is 1. The molecule has 7 nitrogen and oxygen atoms in total. The Morgan fingerprint density at radius 3 is 2.54 bits per heavy atom. The predicted octanol–water partition coefficient (Wildman–Crippen LogP) is 2.08. The quantitative estimate of drug-likeness (QED) is 0.820. The number of halogens is 2. The van der Waals surface area contributed by atoms with Gasteiger partial charge in [-0.1, -0.05) is 0 Å². The van der Waals surface area contributed by atoms with Crippen molar-refractivity contribution in [3.8, 4) is 0 Å². The van der Waals surface area contributed by atoms with E-state index in [4.69, 9.17) is 5.11 Å². The number of carbonyl (C=O) groups is 3. The highest BCUT2D eigenvalue weighted by atomic mass is 19.1. The van der Waals surface area contributed by atoms with Crippen LogP contribution in [0.4, 0.5) is 19.3 Å². The summed E-state index contributed by atoms with van der Waals surface area (Å²) in [5.41, 5.74) is -2.38. The Bertz CT molecular complexity index is 709. The number of amides is 2. The molecule has 130 valence electrons. The molecule has 1 unspecified atom stereocenters. The van der Waals surface area contributed by atoms with E-state index in [9.17, 15) is 23.2 Å². The molecule has 0 spiro atoms. The van der Waals surface area contributed by atoms with Crippen molar-refractivity contribution in [2.24, 2.45) is 5.41 Å². The number of anilines is 1. The molecule has 1 atom stereocenters. The summed E-state index contributed by atoms with van der Waals surface area (Å²) in [6.45, 7) is 1.65. The molecule has 2 N–H and O–H groups in total. The summed E-state index contributed by atoms with van der Waals surface area (Å²) in [4.78, 5) is 36.0. The van der Waals surface area contributed by atoms with Gasteiger partial charge in [-0.3, -0.25) is 4.79 Å². The number of hydrogen-bond donors (Lipinski definition) is 2. The van der Waals surface area contributed by atoms with Gasteiger partial charge < -0.3 is 20.1 Å². The highest BCUT2D eigenvalue weighted by Crippen LogP contribution is 2.31. The van der Waals surface area contributed by atoms with Crippen molar-refractivity contribution >= 4 is 23.7 Å². The minimum absolute atomic E-state index is 0.0408. The first-order valence-electron chi connectivity index (χ1n) is 7.05. The van der Waals surface area contributed by atoms with Gasteiger partial charge in [-0.25, -0.2) is 18.4 Å². The van der Waals surface area contributed by atoms with Crippen LogP contribution in [0.1, 0.15) is 23.7 Å². The molecule has 0 bridgehead atoms. The zero-order chi connectivity index (χ0) is 18.1. The Kier molecular flexibility index (Phi) is 4.72. The van der Waals surface area contributed by atoms with E-state index >= 15 is 0 Å². The van der Waals surface area contributed by atoms with Crippen molar-refractivity contribution in [2.75, 3.05) is 25.5 Å². The van der Waals surface area contributed by atoms with Crippen LogP contribution < -0.4 is 5.32 Å². The van der Waals surface area contributed by atoms with Crippen LogP contribution in [0.25, 0.3) is 0 Å². The first kappa shape index (κ1) is 17.6. The number of hydrogen-bond acceptors (Lipinski definition) is 4. The molecule has 24 heavy (non-hydrogen) atoms. The second-order valence-corrected chi connectivity index (χ2v) is 5.74. The topological polar surface area (TPSA) is 95.9 Å². The number of urea groups is 1. The van der Waals surface area contributed by atoms with Gasteiger partial charge >= 0.3 is 18.0 Å². The average Bonchev–Trinajstić information content (AvgIpc) is 2.94. The molecule has 0 radical (unpaired) electrons. The van der Waals surface area contributed by atoms with Gasteiger partial charge in [-0.15, -0.1) is 0 Å². The molecule has 1 aromatic rings. The molecule has 1 saturated heterocycles. The van der Waals surface area contributed by atoms with Gasteiger partial charge in [0.05, 0.1) is 18.2 Å². The summed E-state index contributed by atoms with van der Waals surface area (Å²) in [6.07, 6.45) is 0.259. The maximum absolute atomic E-state index is 14.2. The third kappa shape index (κ3) is 3.15. The standard InChI is InChI=1S/C15H16F2N2O5/c1-15(13(21)22)5-6-19(7-15)14(23)18-9-4-3-8(16)10(11(9)17)12(20)24-2/h3-4H,5-7H2,1-2H3,(H,18,23)(H,21,22). The monoisotopic (exact) mass is 342 g/mol. The Balaban J connectivity index is 2.19. The fourth-order valence-electron chi connectivity index (χ4n) is 2.44. The maximum atomic E-state index is 14.2. The van der Waals surface area contributed by atoms with Crippen molar-refractivity contribution in [1.29, 1.82) is 0 Å². The highest BCUT2D eigenvalue weighted by molar-refractivity contribution is 5.95. The van der Waals surface area contributed by atoms with Gasteiger partial charge in [-0.2, -0.15) is 0 Å². The van der Waals surface area contributed by atoms with Crippen LogP contribution in [0.3, 0.4) is 0 Å². The van der Waals surface area contributed by atoms with E-state index in [2.05, 4.69) is 10.1 Å². The van der Waals surface area contributed by atoms with Crippen LogP contribution >= 0.6 is 0 Å². The second-order valence-electron chi connectivity index (χ2n) is 5.74. The molecular formula is C15H16F2N2O5. The van der Waals surface area contributed by atoms with Crippen LogP contribution in [-0.2, 0) is 9.53 Å². The molecule has 0 saturated carbocycles. The lowest BCUT2D eigenvalue weighted by molar-refractivity contribution is -0.146. The van der Waals surface area contributed by atoms with Crippen LogP contribution in [-0.4, -0.2) is 48.2 Å². The Morgan fingerprint density at radius 1 is 1.33 bits per heavy atom. The fraction of sp³-hybridized carbons (Fsp3) is 0.400. The van der Waals surface area contributed by atoms with E-state index in [1.165, 1.54) is 11.8 Å². The third-order valence-corrected chi connectivity index (χ3v) is 4.00. The third-order valence-electron chi connectivity index (χ3n) is 4.00. The largest absolute Gasteiger partial charge is 0.481 e. The van der Waals surface area contributed by atoms with Crippen LogP contribution in [0.5, 0.6) is 0 Å². The van der Waals surface area contributed by atoms with Gasteiger partial charge in [0.15, 0.2) is 5.82 Å². The van der Waals surface area contributed by atoms with E-state index in [0.29, 0.717) is 0 Å². The number of rotatable bonds is 3. The maximum Gasteiger partial charge on any atom is 0.343 e. The lowest BCUT2D eigenvalue weighted by Crippen LogP contribution is -2.37. The van der Waals surface area contributed by atoms with E-state index in [-0.39, 0.29) is 19.5 Å². The molecule has 2 rings (SSSR count). The van der Waals surface area contributed by atoms with Gasteiger partial charge in [0, 0.05) is 13.1 Å². The van der Waals surface area contributed by atoms with Gasteiger partial charge in [0.2, 0.25) is 0 Å². The summed E-state index contributed by atoms with van der Waals surface area (Å²) in [6, 6.07) is 1.07. The number of nitrogens with zero attached hydrogens (tertiary/aromatic N) is 1. The lowest BCUT2D eigenvalue weighted by Gasteiger charge is -2.21. The second kappa shape index (κ2) is 6.42. The minimum atomic E-state index is -1.25. The molecule has 1 aliphatic rings. The number of aliphatic carboxylic acids is 1. The van der Waals surface area contributed by atoms with Crippen LogP contribution in [0.2, 0.25) is 0 Å². The summed E-state index contributed by atoms with van der Waals surface area (Å²) in [5.74, 6) is -4.60. The van der Waals surface area contributed by atoms with E-state index in [1.807, 2.05) is 0 Å². The van der Waals surface area contributed by atoms with Crippen molar-refractivity contribution in [3.63, 3.8) is 0 Å². The SMILES string of the molecule is COC(=O)c1c(F)ccc(NC(=O)N2CCC(C)(C(=O)O)C2)c1F. The van der Waals surface area contributed by atoms with Crippen LogP contribution in [0.15, 0.2) is 12.1 Å².